The van der Waals surface area contributed by atoms with Gasteiger partial charge < -0.3 is 10.0 Å². The van der Waals surface area contributed by atoms with Gasteiger partial charge >= 0.3 is 5.97 Å². The van der Waals surface area contributed by atoms with E-state index in [4.69, 9.17) is 5.11 Å². The molecule has 1 aromatic heterocycles. The van der Waals surface area contributed by atoms with Crippen molar-refractivity contribution in [2.75, 3.05) is 33.7 Å². The van der Waals surface area contributed by atoms with Gasteiger partial charge in [0, 0.05) is 13.1 Å². The smallest absolute Gasteiger partial charge is 0.317 e. The quantitative estimate of drug-likeness (QED) is 0.785. The molecule has 1 unspecified atom stereocenters. The van der Waals surface area contributed by atoms with Gasteiger partial charge in [-0.1, -0.05) is 6.92 Å². The Bertz CT molecular complexity index is 423. The molecule has 0 fully saturated rings. The van der Waals surface area contributed by atoms with E-state index >= 15 is 0 Å². The van der Waals surface area contributed by atoms with E-state index in [2.05, 4.69) is 4.98 Å². The molecule has 0 aliphatic carbocycles. The van der Waals surface area contributed by atoms with Gasteiger partial charge in [-0.25, -0.2) is 4.39 Å². The monoisotopic (exact) mass is 283 g/mol. The van der Waals surface area contributed by atoms with Gasteiger partial charge in [-0.3, -0.25) is 14.7 Å². The van der Waals surface area contributed by atoms with Crippen molar-refractivity contribution >= 4 is 5.97 Å². The molecule has 0 radical (unpaired) electrons. The summed E-state index contributed by atoms with van der Waals surface area (Å²) < 4.78 is 12.9. The fourth-order valence-corrected chi connectivity index (χ4v) is 2.09. The highest BCUT2D eigenvalue weighted by Crippen LogP contribution is 2.22. The predicted octanol–water partition coefficient (Wildman–Crippen LogP) is 1.62. The summed E-state index contributed by atoms with van der Waals surface area (Å²) in [7, 11) is 3.88. The zero-order valence-corrected chi connectivity index (χ0v) is 12.2. The lowest BCUT2D eigenvalue weighted by atomic mass is 10.1. The van der Waals surface area contributed by atoms with E-state index in [0.717, 1.165) is 13.0 Å². The third kappa shape index (κ3) is 5.22. The average molecular weight is 283 g/mol. The van der Waals surface area contributed by atoms with Crippen molar-refractivity contribution < 1.29 is 14.3 Å². The van der Waals surface area contributed by atoms with Crippen LogP contribution in [-0.2, 0) is 4.79 Å². The van der Waals surface area contributed by atoms with Gasteiger partial charge in [0.1, 0.15) is 5.82 Å². The highest BCUT2D eigenvalue weighted by molar-refractivity contribution is 5.69. The lowest BCUT2D eigenvalue weighted by Crippen LogP contribution is -2.38. The number of nitrogens with zero attached hydrogens (tertiary/aromatic N) is 3. The van der Waals surface area contributed by atoms with Gasteiger partial charge in [0.15, 0.2) is 0 Å². The SMILES string of the molecule is CCC(c1ccc(F)cn1)N(CCN(C)C)CC(=O)O. The number of hydrogen-bond acceptors (Lipinski definition) is 4. The molecule has 0 aliphatic heterocycles. The Kier molecular flexibility index (Phi) is 6.54. The largest absolute Gasteiger partial charge is 0.480 e. The van der Waals surface area contributed by atoms with Crippen LogP contribution >= 0.6 is 0 Å². The number of carboxylic acid groups (broad SMARTS) is 1. The maximum absolute atomic E-state index is 12.9. The van der Waals surface area contributed by atoms with Gasteiger partial charge in [-0.15, -0.1) is 0 Å². The van der Waals surface area contributed by atoms with E-state index in [-0.39, 0.29) is 18.4 Å². The molecule has 0 aromatic carbocycles. The highest BCUT2D eigenvalue weighted by atomic mass is 19.1. The predicted molar refractivity (Wildman–Crippen MR) is 75.0 cm³/mol. The number of aromatic nitrogens is 1. The summed E-state index contributed by atoms with van der Waals surface area (Å²) in [6.07, 6.45) is 1.89. The maximum Gasteiger partial charge on any atom is 0.317 e. The number of carboxylic acids is 1. The van der Waals surface area contributed by atoms with E-state index in [1.807, 2.05) is 30.8 Å². The molecule has 1 atom stereocenters. The molecule has 20 heavy (non-hydrogen) atoms. The Morgan fingerprint density at radius 1 is 1.40 bits per heavy atom. The number of halogens is 1. The summed E-state index contributed by atoms with van der Waals surface area (Å²) in [4.78, 5) is 19.0. The normalized spacial score (nSPS) is 12.9. The Balaban J connectivity index is 2.88. The minimum absolute atomic E-state index is 0.0502. The summed E-state index contributed by atoms with van der Waals surface area (Å²) in [5.41, 5.74) is 0.703. The molecule has 0 aliphatic rings. The van der Waals surface area contributed by atoms with E-state index in [9.17, 15) is 9.18 Å². The zero-order valence-electron chi connectivity index (χ0n) is 12.2. The standard InChI is InChI=1S/C14H22FN3O2/c1-4-13(12-6-5-11(15)9-16-12)18(10-14(19)20)8-7-17(2)3/h5-6,9,13H,4,7-8,10H2,1-3H3,(H,19,20). The van der Waals surface area contributed by atoms with Crippen molar-refractivity contribution in [3.05, 3.63) is 29.8 Å². The van der Waals surface area contributed by atoms with Crippen LogP contribution in [0, 0.1) is 5.82 Å². The van der Waals surface area contributed by atoms with Crippen molar-refractivity contribution in [2.24, 2.45) is 0 Å². The van der Waals surface area contributed by atoms with E-state index < -0.39 is 5.97 Å². The lowest BCUT2D eigenvalue weighted by Gasteiger charge is -2.30. The molecule has 6 heteroatoms. The van der Waals surface area contributed by atoms with Crippen LogP contribution in [0.25, 0.3) is 0 Å². The molecular formula is C14H22FN3O2. The molecule has 0 bridgehead atoms. The molecule has 1 N–H and O–H groups in total. The second-order valence-electron chi connectivity index (χ2n) is 4.99. The van der Waals surface area contributed by atoms with Gasteiger partial charge in [0.2, 0.25) is 0 Å². The molecule has 0 saturated heterocycles. The number of likely N-dealkylation sites (N-methyl/N-ethyl adjacent to an activating group) is 1. The molecule has 0 saturated carbocycles. The molecule has 5 nitrogen and oxygen atoms in total. The molecule has 1 aromatic rings. The summed E-state index contributed by atoms with van der Waals surface area (Å²) in [6, 6.07) is 2.86. The number of hydrogen-bond donors (Lipinski definition) is 1. The molecular weight excluding hydrogens is 261 g/mol. The van der Waals surface area contributed by atoms with Crippen LogP contribution < -0.4 is 0 Å². The Hall–Kier alpha value is -1.53. The van der Waals surface area contributed by atoms with Crippen LogP contribution in [0.1, 0.15) is 25.1 Å². The summed E-state index contributed by atoms with van der Waals surface area (Å²) in [5, 5.41) is 9.05. The summed E-state index contributed by atoms with van der Waals surface area (Å²) >= 11 is 0. The number of pyridine rings is 1. The van der Waals surface area contributed by atoms with Crippen LogP contribution in [0.3, 0.4) is 0 Å². The van der Waals surface area contributed by atoms with Crippen molar-refractivity contribution in [2.45, 2.75) is 19.4 Å². The minimum atomic E-state index is -0.871. The van der Waals surface area contributed by atoms with Gasteiger partial charge in [0.05, 0.1) is 24.5 Å². The van der Waals surface area contributed by atoms with Gasteiger partial charge in [0.25, 0.3) is 0 Å². The van der Waals surface area contributed by atoms with Crippen molar-refractivity contribution in [3.63, 3.8) is 0 Å². The number of rotatable bonds is 8. The van der Waals surface area contributed by atoms with Crippen LogP contribution in [0.5, 0.6) is 0 Å². The molecule has 0 amide bonds. The lowest BCUT2D eigenvalue weighted by molar-refractivity contribution is -0.139. The van der Waals surface area contributed by atoms with Gasteiger partial charge in [-0.05, 0) is 32.6 Å². The minimum Gasteiger partial charge on any atom is -0.480 e. The first-order chi connectivity index (χ1) is 9.43. The molecule has 0 spiro atoms. The van der Waals surface area contributed by atoms with E-state index in [0.29, 0.717) is 12.2 Å². The van der Waals surface area contributed by atoms with E-state index in [1.165, 1.54) is 12.3 Å². The van der Waals surface area contributed by atoms with Crippen LogP contribution in [-0.4, -0.2) is 59.6 Å². The zero-order chi connectivity index (χ0) is 15.1. The first-order valence-electron chi connectivity index (χ1n) is 6.66. The highest BCUT2D eigenvalue weighted by Gasteiger charge is 2.22. The van der Waals surface area contributed by atoms with Crippen LogP contribution in [0.2, 0.25) is 0 Å². The topological polar surface area (TPSA) is 56.7 Å². The van der Waals surface area contributed by atoms with Crippen LogP contribution in [0.4, 0.5) is 4.39 Å². The summed E-state index contributed by atoms with van der Waals surface area (Å²) in [6.45, 7) is 3.30. The van der Waals surface area contributed by atoms with Gasteiger partial charge in [-0.2, -0.15) is 0 Å². The Morgan fingerprint density at radius 2 is 2.10 bits per heavy atom. The maximum atomic E-state index is 12.9. The average Bonchev–Trinajstić information content (AvgIpc) is 2.38. The van der Waals surface area contributed by atoms with Crippen molar-refractivity contribution in [3.8, 4) is 0 Å². The fourth-order valence-electron chi connectivity index (χ4n) is 2.09. The Morgan fingerprint density at radius 3 is 2.55 bits per heavy atom. The molecule has 1 heterocycles. The molecule has 1 rings (SSSR count). The Labute approximate surface area is 119 Å². The van der Waals surface area contributed by atoms with Crippen molar-refractivity contribution in [1.29, 1.82) is 0 Å². The number of carbonyl (C=O) groups is 1. The fraction of sp³-hybridized carbons (Fsp3) is 0.571. The second kappa shape index (κ2) is 7.91. The van der Waals surface area contributed by atoms with E-state index in [1.54, 1.807) is 6.07 Å². The number of aliphatic carboxylic acids is 1. The first kappa shape index (κ1) is 16.5. The third-order valence-corrected chi connectivity index (χ3v) is 3.09. The second-order valence-corrected chi connectivity index (χ2v) is 4.99. The third-order valence-electron chi connectivity index (χ3n) is 3.09. The van der Waals surface area contributed by atoms with Crippen molar-refractivity contribution in [1.82, 2.24) is 14.8 Å². The first-order valence-corrected chi connectivity index (χ1v) is 6.66. The summed E-state index contributed by atoms with van der Waals surface area (Å²) in [5.74, 6) is -1.26. The van der Waals surface area contributed by atoms with Crippen LogP contribution in [0.15, 0.2) is 18.3 Å². The molecule has 112 valence electrons.